The Morgan fingerprint density at radius 1 is 0.750 bits per heavy atom. The van der Waals surface area contributed by atoms with Crippen molar-refractivity contribution in [2.75, 3.05) is 131 Å². The van der Waals surface area contributed by atoms with Crippen LogP contribution in [0, 0.1) is 35.5 Å². The first kappa shape index (κ1) is 94.1. The number of nitrogen functional groups attached to an aromatic ring is 2. The summed E-state index contributed by atoms with van der Waals surface area (Å²) in [7, 11) is 3.20. The number of esters is 1. The van der Waals surface area contributed by atoms with Gasteiger partial charge in [-0.05, 0) is 138 Å². The third-order valence-corrected chi connectivity index (χ3v) is 23.5. The van der Waals surface area contributed by atoms with Gasteiger partial charge in [0.1, 0.15) is 53.5 Å². The first-order valence-corrected chi connectivity index (χ1v) is 42.6. The number of allylic oxidation sites excluding steroid dienone is 6. The van der Waals surface area contributed by atoms with Crippen LogP contribution in [0.25, 0.3) is 33.4 Å². The lowest BCUT2D eigenvalue weighted by Gasteiger charge is -2.42. The van der Waals surface area contributed by atoms with Crippen molar-refractivity contribution >= 4 is 69.1 Å². The molecule has 3 saturated heterocycles. The summed E-state index contributed by atoms with van der Waals surface area (Å²) in [6, 6.07) is 3.45. The number of hydrogen-bond acceptors (Lipinski definition) is 30. The van der Waals surface area contributed by atoms with Crippen LogP contribution in [-0.2, 0) is 100 Å². The van der Waals surface area contributed by atoms with Crippen LogP contribution < -0.4 is 17.2 Å². The Kier molecular flexibility index (Phi) is 36.7. The molecule has 5 aromatic rings. The maximum atomic E-state index is 14.7. The van der Waals surface area contributed by atoms with Crippen molar-refractivity contribution in [3.8, 4) is 11.3 Å². The SMILES string of the molecule is CO[C@H]1C[C@@H]2CC[C@@H](C)[C@@](O)(O2)C(=O)C(=O)N2CCCC[C@H]2C(=O)O[C@H]([C@H](N)C[C@@H]2CC[C@@H](OCCCCc3cn(CCOCCOCCOCCOCCOCCOCCC(=O)N4CC(Cn5nc(-c6ccc7oc(N)nc7c6)c6c(N)ncnc65)C4)nn3)[C@H](OC)C2)CC(=O)[C@H](C)/C=C(\C)[C@@H](O)[C@@H](O)C(=O)[C@H](C)C[C@H](C)/C=C/C=CC=C1C. The van der Waals surface area contributed by atoms with Gasteiger partial charge in [-0.25, -0.2) is 24.1 Å². The van der Waals surface area contributed by atoms with E-state index in [2.05, 4.69) is 25.3 Å². The van der Waals surface area contributed by atoms with Crippen LogP contribution in [0.1, 0.15) is 144 Å². The number of nitrogens with zero attached hydrogens (tertiary/aromatic N) is 10. The van der Waals surface area contributed by atoms with Gasteiger partial charge in [-0.1, -0.05) is 69.4 Å². The average molecular weight is 1680 g/mol. The number of aryl methyl sites for hydroxylation is 1. The molecule has 1 aliphatic carbocycles. The number of aliphatic hydroxyl groups excluding tert-OH is 2. The number of amides is 2. The molecule has 15 atom stereocenters. The van der Waals surface area contributed by atoms with Crippen LogP contribution in [0.2, 0.25) is 0 Å². The maximum absolute atomic E-state index is 14.7. The van der Waals surface area contributed by atoms with Crippen LogP contribution in [0.3, 0.4) is 0 Å². The zero-order chi connectivity index (χ0) is 85.8. The second-order valence-corrected chi connectivity index (χ2v) is 32.6. The van der Waals surface area contributed by atoms with Gasteiger partial charge in [0, 0.05) is 101 Å². The molecule has 8 heterocycles. The second-order valence-electron chi connectivity index (χ2n) is 32.6. The van der Waals surface area contributed by atoms with Crippen LogP contribution >= 0.6 is 0 Å². The normalized spacial score (nSPS) is 27.5. The number of aromatic nitrogens is 8. The van der Waals surface area contributed by atoms with Gasteiger partial charge in [-0.2, -0.15) is 10.1 Å². The molecule has 10 rings (SSSR count). The molecule has 34 heteroatoms. The molecule has 4 aliphatic heterocycles. The number of rotatable bonds is 35. The number of ether oxygens (including phenoxy) is 11. The number of oxazole rings is 1. The predicted octanol–water partition coefficient (Wildman–Crippen LogP) is 6.62. The van der Waals surface area contributed by atoms with E-state index in [-0.39, 0.29) is 79.7 Å². The van der Waals surface area contributed by atoms with Gasteiger partial charge in [0.05, 0.1) is 128 Å². The Morgan fingerprint density at radius 2 is 1.46 bits per heavy atom. The zero-order valence-electron chi connectivity index (χ0n) is 70.9. The highest BCUT2D eigenvalue weighted by Gasteiger charge is 2.53. The van der Waals surface area contributed by atoms with Gasteiger partial charge < -0.3 is 98.8 Å². The third-order valence-electron chi connectivity index (χ3n) is 23.5. The molecule has 0 radical (unpaired) electrons. The minimum atomic E-state index is -2.49. The molecular weight excluding hydrogens is 1550 g/mol. The molecule has 34 nitrogen and oxygen atoms in total. The fraction of sp³-hybridized carbons (Fsp3) is 0.674. The summed E-state index contributed by atoms with van der Waals surface area (Å²) in [4.78, 5) is 100. The lowest BCUT2D eigenvalue weighted by Crippen LogP contribution is -2.61. The summed E-state index contributed by atoms with van der Waals surface area (Å²) >= 11 is 0. The van der Waals surface area contributed by atoms with Gasteiger partial charge in [0.25, 0.3) is 17.7 Å². The summed E-state index contributed by atoms with van der Waals surface area (Å²) in [5.41, 5.74) is 24.2. The number of hydrogen-bond donors (Lipinski definition) is 6. The van der Waals surface area contributed by atoms with Crippen molar-refractivity contribution in [1.82, 2.24) is 49.5 Å². The molecule has 4 fully saturated rings. The van der Waals surface area contributed by atoms with Crippen LogP contribution in [-0.4, -0.2) is 280 Å². The van der Waals surface area contributed by atoms with Crippen molar-refractivity contribution in [2.24, 2.45) is 41.2 Å². The molecule has 2 amide bonds. The first-order chi connectivity index (χ1) is 57.8. The molecule has 5 aliphatic rings. The number of benzene rings is 1. The topological polar surface area (TPSA) is 450 Å². The fourth-order valence-corrected chi connectivity index (χ4v) is 16.3. The number of unbranched alkanes of at least 4 members (excludes halogenated alkanes) is 1. The summed E-state index contributed by atoms with van der Waals surface area (Å²) in [6.07, 6.45) is 15.2. The molecule has 120 heavy (non-hydrogen) atoms. The molecule has 0 unspecified atom stereocenters. The Morgan fingerprint density at radius 3 is 2.17 bits per heavy atom. The van der Waals surface area contributed by atoms with Crippen LogP contribution in [0.15, 0.2) is 82.7 Å². The lowest BCUT2D eigenvalue weighted by molar-refractivity contribution is -0.265. The van der Waals surface area contributed by atoms with Gasteiger partial charge in [0.2, 0.25) is 11.7 Å². The minimum Gasteiger partial charge on any atom is -0.459 e. The van der Waals surface area contributed by atoms with Crippen molar-refractivity contribution < 1.29 is 101 Å². The van der Waals surface area contributed by atoms with Crippen molar-refractivity contribution in [2.45, 2.75) is 218 Å². The Balaban J connectivity index is 0.573. The standard InChI is InChI=1S/C86H127N13O21/c1-54-16-10-9-11-17-55(2)71(109-7)47-64-23-20-59(6)86(108,120-64)80(105)83(106)98-27-14-12-19-67(98)84(107)118-72(48-68(100)56(3)43-58(5)78(103)79(104)77(102)57(4)42-54)65(87)44-60-21-24-70(73(45-60)110-8)117-29-15-13-18-63-52-97(95-93-63)28-31-112-33-35-114-37-39-116-41-40-115-38-36-113-34-32-111-30-26-74(101)96-49-61(50-96)51-99-82-75(81(88)90-53-91-82)76(94-99)62-22-25-69-66(46-62)92-85(89)119-69/h9-11,16-17,22,25,43,46,52-54,56-57,59-61,64-65,67,70-73,78-79,103-104,108H,12-15,18-21,23-24,26-42,44-45,47-51,87H2,1-8H3,(H2,89,92)(H2,88,90,91)/b11-9?,16-10+,55-17?,58-43+/t54-,56-,57-,59-,60+,64+,65-,67+,70-,71+,72+,73-,78-,79+,86-/m1/s1. The highest BCUT2D eigenvalue weighted by molar-refractivity contribution is 6.39. The molecular formula is C86H127N13O21. The summed E-state index contributed by atoms with van der Waals surface area (Å²) < 4.78 is 73.8. The largest absolute Gasteiger partial charge is 0.459 e. The molecule has 0 spiro atoms. The smallest absolute Gasteiger partial charge is 0.329 e. The van der Waals surface area contributed by atoms with E-state index in [4.69, 9.17) is 78.8 Å². The Labute approximate surface area is 701 Å². The Bertz CT molecular complexity index is 4260. The van der Waals surface area contributed by atoms with Gasteiger partial charge >= 0.3 is 5.97 Å². The molecule has 662 valence electrons. The van der Waals surface area contributed by atoms with Crippen molar-refractivity contribution in [3.05, 3.63) is 84.0 Å². The number of ketones is 3. The number of Topliss-reactive ketones (excluding diaryl/α,β-unsaturated/α-hetero) is 3. The summed E-state index contributed by atoms with van der Waals surface area (Å²) in [6.45, 7) is 17.9. The molecule has 4 aromatic heterocycles. The highest BCUT2D eigenvalue weighted by Crippen LogP contribution is 2.39. The van der Waals surface area contributed by atoms with Crippen LogP contribution in [0.5, 0.6) is 0 Å². The number of likely N-dealkylation sites (tertiary alicyclic amines) is 1. The van der Waals surface area contributed by atoms with E-state index in [0.717, 1.165) is 34.6 Å². The molecule has 2 bridgehead atoms. The van der Waals surface area contributed by atoms with E-state index in [1.165, 1.54) is 19.3 Å². The van der Waals surface area contributed by atoms with Gasteiger partial charge in [-0.3, -0.25) is 24.0 Å². The number of carbonyl (C=O) groups excluding carboxylic acids is 6. The molecule has 1 saturated carbocycles. The monoisotopic (exact) mass is 1680 g/mol. The van der Waals surface area contributed by atoms with Gasteiger partial charge in [0.15, 0.2) is 17.0 Å². The predicted molar refractivity (Wildman–Crippen MR) is 443 cm³/mol. The van der Waals surface area contributed by atoms with Crippen LogP contribution in [0.4, 0.5) is 11.8 Å². The number of aliphatic hydroxyl groups is 3. The number of methoxy groups -OCH3 is 2. The first-order valence-electron chi connectivity index (χ1n) is 42.6. The van der Waals surface area contributed by atoms with E-state index in [9.17, 15) is 44.1 Å². The zero-order valence-corrected chi connectivity index (χ0v) is 70.9. The number of carbonyl (C=O) groups is 6. The number of nitrogens with two attached hydrogens (primary N) is 3. The molecule has 9 N–H and O–H groups in total. The van der Waals surface area contributed by atoms with E-state index in [1.54, 1.807) is 45.7 Å². The van der Waals surface area contributed by atoms with Crippen molar-refractivity contribution in [3.63, 3.8) is 0 Å². The van der Waals surface area contributed by atoms with Gasteiger partial charge in [-0.15, -0.1) is 5.10 Å². The number of piperidine rings is 1. The van der Waals surface area contributed by atoms with Crippen molar-refractivity contribution in [1.29, 1.82) is 0 Å². The quantitative estimate of drug-likeness (QED) is 0.0107. The number of anilines is 2. The van der Waals surface area contributed by atoms with E-state index in [1.807, 2.05) is 72.1 Å². The minimum absolute atomic E-state index is 0.0258. The number of cyclic esters (lactones) is 1. The fourth-order valence-electron chi connectivity index (χ4n) is 16.3. The maximum Gasteiger partial charge on any atom is 0.329 e. The van der Waals surface area contributed by atoms with E-state index >= 15 is 0 Å². The molecule has 1 aromatic carbocycles. The van der Waals surface area contributed by atoms with E-state index in [0.29, 0.717) is 210 Å². The Hall–Kier alpha value is -8.20. The average Bonchev–Trinajstić information content (AvgIpc) is 1.60. The third kappa shape index (κ3) is 26.7. The second kappa shape index (κ2) is 46.9. The summed E-state index contributed by atoms with van der Waals surface area (Å²) in [5, 5.41) is 48.8. The lowest BCUT2D eigenvalue weighted by atomic mass is 9.80. The summed E-state index contributed by atoms with van der Waals surface area (Å²) in [5.74, 6) is -8.36. The number of fused-ring (bicyclic) bond motifs is 5. The highest BCUT2D eigenvalue weighted by atomic mass is 16.6. The van der Waals surface area contributed by atoms with E-state index < -0.39 is 95.4 Å².